The lowest BCUT2D eigenvalue weighted by Crippen LogP contribution is -2.34. The van der Waals surface area contributed by atoms with Crippen LogP contribution < -0.4 is 5.32 Å². The molecule has 1 amide bonds. The monoisotopic (exact) mass is 465 g/mol. The molecule has 0 unspecified atom stereocenters. The van der Waals surface area contributed by atoms with Gasteiger partial charge in [-0.3, -0.25) is 4.79 Å². The normalized spacial score (nSPS) is 12.4. The number of carbonyl (C=O) groups excluding carboxylic acids is 1. The van der Waals surface area contributed by atoms with E-state index in [-0.39, 0.29) is 11.4 Å². The summed E-state index contributed by atoms with van der Waals surface area (Å²) < 4.78 is 66.2. The molecule has 1 aromatic heterocycles. The topological polar surface area (TPSA) is 97.2 Å². The van der Waals surface area contributed by atoms with Crippen molar-refractivity contribution in [2.24, 2.45) is 0 Å². The third kappa shape index (κ3) is 5.80. The summed E-state index contributed by atoms with van der Waals surface area (Å²) in [5.74, 6) is -0.829. The summed E-state index contributed by atoms with van der Waals surface area (Å²) in [6.07, 6.45) is -0.825. The van der Waals surface area contributed by atoms with Crippen LogP contribution in [-0.2, 0) is 21.0 Å². The van der Waals surface area contributed by atoms with E-state index in [1.807, 2.05) is 0 Å². The van der Waals surface area contributed by atoms with Gasteiger partial charge in [-0.2, -0.15) is 22.6 Å². The molecule has 0 aliphatic rings. The highest BCUT2D eigenvalue weighted by molar-refractivity contribution is 7.92. The summed E-state index contributed by atoms with van der Waals surface area (Å²) >= 11 is 0. The number of nitrogens with one attached hydrogen (secondary N) is 1. The van der Waals surface area contributed by atoms with E-state index in [2.05, 4.69) is 15.4 Å². The zero-order valence-corrected chi connectivity index (χ0v) is 17.5. The maximum atomic E-state index is 13.1. The predicted octanol–water partition coefficient (Wildman–Crippen LogP) is 3.16. The molecule has 2 aromatic carbocycles. The molecule has 12 heteroatoms. The molecule has 0 radical (unpaired) electrons. The zero-order chi connectivity index (χ0) is 23.4. The molecule has 0 aliphatic carbocycles. The number of amides is 1. The Bertz CT molecular complexity index is 1210. The third-order valence-electron chi connectivity index (χ3n) is 4.30. The van der Waals surface area contributed by atoms with Gasteiger partial charge in [0, 0.05) is 12.5 Å². The average Bonchev–Trinajstić information content (AvgIpc) is 3.27. The van der Waals surface area contributed by atoms with Crippen molar-refractivity contribution < 1.29 is 26.4 Å². The second kappa shape index (κ2) is 9.32. The van der Waals surface area contributed by atoms with Crippen molar-refractivity contribution in [3.05, 3.63) is 77.7 Å². The van der Waals surface area contributed by atoms with E-state index in [1.54, 1.807) is 30.3 Å². The molecule has 3 aromatic rings. The van der Waals surface area contributed by atoms with E-state index >= 15 is 0 Å². The van der Waals surface area contributed by atoms with Gasteiger partial charge in [0.2, 0.25) is 15.9 Å². The molecule has 32 heavy (non-hydrogen) atoms. The second-order valence-electron chi connectivity index (χ2n) is 6.63. The SMILES string of the molecule is CN(CC(=O)Nc1cc(C(F)(F)F)ccc1-n1cncn1)S(=O)(=O)/C=C/c1ccccc1. The molecule has 0 saturated carbocycles. The number of likely N-dealkylation sites (N-methyl/N-ethyl adjacent to an activating group) is 1. The highest BCUT2D eigenvalue weighted by Gasteiger charge is 2.31. The summed E-state index contributed by atoms with van der Waals surface area (Å²) in [6.45, 7) is -0.617. The number of hydrogen-bond acceptors (Lipinski definition) is 5. The first kappa shape index (κ1) is 23.2. The van der Waals surface area contributed by atoms with Gasteiger partial charge in [0.1, 0.15) is 12.7 Å². The molecule has 0 spiro atoms. The highest BCUT2D eigenvalue weighted by atomic mass is 32.2. The Morgan fingerprint density at radius 2 is 1.91 bits per heavy atom. The molecule has 0 atom stereocenters. The van der Waals surface area contributed by atoms with Gasteiger partial charge in [-0.05, 0) is 29.8 Å². The number of nitrogens with zero attached hydrogens (tertiary/aromatic N) is 4. The Labute approximate surface area is 182 Å². The first-order chi connectivity index (χ1) is 15.1. The second-order valence-corrected chi connectivity index (χ2v) is 8.56. The van der Waals surface area contributed by atoms with Gasteiger partial charge in [-0.15, -0.1) is 0 Å². The number of aromatic nitrogens is 3. The van der Waals surface area contributed by atoms with E-state index in [0.717, 1.165) is 27.9 Å². The summed E-state index contributed by atoms with van der Waals surface area (Å²) in [6, 6.07) is 11.4. The highest BCUT2D eigenvalue weighted by Crippen LogP contribution is 2.33. The molecule has 3 rings (SSSR count). The molecule has 168 valence electrons. The van der Waals surface area contributed by atoms with Gasteiger partial charge >= 0.3 is 6.18 Å². The van der Waals surface area contributed by atoms with E-state index in [1.165, 1.54) is 30.5 Å². The molecule has 0 fully saturated rings. The fourth-order valence-corrected chi connectivity index (χ4v) is 3.49. The number of carbonyl (C=O) groups is 1. The van der Waals surface area contributed by atoms with Crippen LogP contribution in [-0.4, -0.2) is 47.0 Å². The number of alkyl halides is 3. The standard InChI is InChI=1S/C20H18F3N5O3S/c1-27(32(30,31)10-9-15-5-3-2-4-6-15)12-19(29)26-17-11-16(20(21,22)23)7-8-18(17)28-14-24-13-25-28/h2-11,13-14H,12H2,1H3,(H,26,29)/b10-9+. The number of hydrogen-bond donors (Lipinski definition) is 1. The molecule has 8 nitrogen and oxygen atoms in total. The quantitative estimate of drug-likeness (QED) is 0.578. The van der Waals surface area contributed by atoms with Crippen LogP contribution in [0.25, 0.3) is 11.8 Å². The first-order valence-electron chi connectivity index (χ1n) is 9.12. The largest absolute Gasteiger partial charge is 0.416 e. The minimum atomic E-state index is -4.64. The van der Waals surface area contributed by atoms with Gasteiger partial charge in [-0.25, -0.2) is 18.1 Å². The number of halogens is 3. The summed E-state index contributed by atoms with van der Waals surface area (Å²) in [4.78, 5) is 16.2. The third-order valence-corrected chi connectivity index (χ3v) is 5.77. The summed E-state index contributed by atoms with van der Waals surface area (Å²) in [5, 5.41) is 7.13. The Kier molecular flexibility index (Phi) is 6.75. The van der Waals surface area contributed by atoms with Crippen LogP contribution in [0.5, 0.6) is 0 Å². The van der Waals surface area contributed by atoms with Crippen LogP contribution in [0, 0.1) is 0 Å². The van der Waals surface area contributed by atoms with Crippen LogP contribution in [0.3, 0.4) is 0 Å². The minimum absolute atomic E-state index is 0.137. The maximum Gasteiger partial charge on any atom is 0.416 e. The van der Waals surface area contributed by atoms with E-state index in [4.69, 9.17) is 0 Å². The van der Waals surface area contributed by atoms with Crippen molar-refractivity contribution in [1.82, 2.24) is 19.1 Å². The Morgan fingerprint density at radius 3 is 2.53 bits per heavy atom. The number of anilines is 1. The molecule has 1 heterocycles. The van der Waals surface area contributed by atoms with E-state index in [9.17, 15) is 26.4 Å². The van der Waals surface area contributed by atoms with Crippen molar-refractivity contribution in [3.8, 4) is 5.69 Å². The predicted molar refractivity (Wildman–Crippen MR) is 112 cm³/mol. The fourth-order valence-electron chi connectivity index (χ4n) is 2.66. The van der Waals surface area contributed by atoms with Crippen LogP contribution >= 0.6 is 0 Å². The van der Waals surface area contributed by atoms with Crippen molar-refractivity contribution >= 4 is 27.7 Å². The van der Waals surface area contributed by atoms with Crippen LogP contribution in [0.4, 0.5) is 18.9 Å². The van der Waals surface area contributed by atoms with Gasteiger partial charge < -0.3 is 5.32 Å². The minimum Gasteiger partial charge on any atom is -0.323 e. The van der Waals surface area contributed by atoms with Crippen LogP contribution in [0.1, 0.15) is 11.1 Å². The lowest BCUT2D eigenvalue weighted by atomic mass is 10.1. The van der Waals surface area contributed by atoms with E-state index < -0.39 is 34.2 Å². The van der Waals surface area contributed by atoms with Crippen molar-refractivity contribution in [2.75, 3.05) is 18.9 Å². The maximum absolute atomic E-state index is 13.1. The average molecular weight is 465 g/mol. The number of sulfonamides is 1. The lowest BCUT2D eigenvalue weighted by Gasteiger charge is -2.17. The van der Waals surface area contributed by atoms with Crippen molar-refractivity contribution in [3.63, 3.8) is 0 Å². The van der Waals surface area contributed by atoms with E-state index in [0.29, 0.717) is 5.56 Å². The van der Waals surface area contributed by atoms with Gasteiger partial charge in [0.15, 0.2) is 0 Å². The molecular formula is C20H18F3N5O3S. The lowest BCUT2D eigenvalue weighted by molar-refractivity contribution is -0.137. The molecule has 1 N–H and O–H groups in total. The summed E-state index contributed by atoms with van der Waals surface area (Å²) in [7, 11) is -2.76. The van der Waals surface area contributed by atoms with Gasteiger partial charge in [-0.1, -0.05) is 30.3 Å². The summed E-state index contributed by atoms with van der Waals surface area (Å²) in [5.41, 5.74) is -0.391. The van der Waals surface area contributed by atoms with Gasteiger partial charge in [0.05, 0.1) is 23.5 Å². The van der Waals surface area contributed by atoms with Crippen LogP contribution in [0.15, 0.2) is 66.6 Å². The zero-order valence-electron chi connectivity index (χ0n) is 16.7. The Hall–Kier alpha value is -3.51. The Balaban J connectivity index is 1.78. The smallest absolute Gasteiger partial charge is 0.323 e. The number of benzene rings is 2. The Morgan fingerprint density at radius 1 is 1.19 bits per heavy atom. The van der Waals surface area contributed by atoms with Crippen molar-refractivity contribution in [1.29, 1.82) is 0 Å². The first-order valence-corrected chi connectivity index (χ1v) is 10.6. The van der Waals surface area contributed by atoms with Gasteiger partial charge in [0.25, 0.3) is 0 Å². The molecular weight excluding hydrogens is 447 g/mol. The number of rotatable bonds is 7. The van der Waals surface area contributed by atoms with Crippen LogP contribution in [0.2, 0.25) is 0 Å². The fraction of sp³-hybridized carbons (Fsp3) is 0.150. The van der Waals surface area contributed by atoms with Crippen molar-refractivity contribution in [2.45, 2.75) is 6.18 Å². The molecule has 0 saturated heterocycles. The molecule has 0 bridgehead atoms. The molecule has 0 aliphatic heterocycles.